The molecule has 6 heteroatoms. The molecule has 1 aromatic heterocycles. The van der Waals surface area contributed by atoms with E-state index in [1.165, 1.54) is 10.9 Å². The van der Waals surface area contributed by atoms with Gasteiger partial charge in [-0.05, 0) is 6.07 Å². The summed E-state index contributed by atoms with van der Waals surface area (Å²) in [5, 5.41) is 16.6. The van der Waals surface area contributed by atoms with E-state index in [4.69, 9.17) is 16.7 Å². The van der Waals surface area contributed by atoms with Crippen LogP contribution in [0.25, 0.3) is 11.3 Å². The van der Waals surface area contributed by atoms with Crippen molar-refractivity contribution in [1.29, 1.82) is 0 Å². The van der Waals surface area contributed by atoms with Crippen molar-refractivity contribution in [3.8, 4) is 11.3 Å². The molecule has 5 nitrogen and oxygen atoms in total. The van der Waals surface area contributed by atoms with E-state index >= 15 is 0 Å². The largest absolute Gasteiger partial charge is 0.480 e. The van der Waals surface area contributed by atoms with Crippen molar-refractivity contribution in [3.63, 3.8) is 0 Å². The second kappa shape index (κ2) is 4.32. The number of halogens is 1. The third kappa shape index (κ3) is 2.04. The Labute approximate surface area is 96.3 Å². The topological polar surface area (TPSA) is 68.0 Å². The maximum atomic E-state index is 10.6. The number of nitrogens with zero attached hydrogens (tertiary/aromatic N) is 3. The van der Waals surface area contributed by atoms with Gasteiger partial charge in [-0.2, -0.15) is 0 Å². The van der Waals surface area contributed by atoms with Gasteiger partial charge in [-0.1, -0.05) is 35.0 Å². The van der Waals surface area contributed by atoms with Crippen LogP contribution in [-0.4, -0.2) is 26.1 Å². The minimum atomic E-state index is -0.973. The van der Waals surface area contributed by atoms with Crippen molar-refractivity contribution in [2.75, 3.05) is 0 Å². The number of benzene rings is 1. The summed E-state index contributed by atoms with van der Waals surface area (Å²) < 4.78 is 1.30. The van der Waals surface area contributed by atoms with Crippen molar-refractivity contribution < 1.29 is 9.90 Å². The molecule has 82 valence electrons. The van der Waals surface area contributed by atoms with Gasteiger partial charge in [0.25, 0.3) is 0 Å². The smallest absolute Gasteiger partial charge is 0.325 e. The number of rotatable bonds is 3. The molecule has 1 N–H and O–H groups in total. The zero-order chi connectivity index (χ0) is 11.5. The van der Waals surface area contributed by atoms with Crippen LogP contribution in [0, 0.1) is 0 Å². The van der Waals surface area contributed by atoms with Gasteiger partial charge in [0.1, 0.15) is 6.54 Å². The molecule has 16 heavy (non-hydrogen) atoms. The van der Waals surface area contributed by atoms with Crippen LogP contribution in [0.4, 0.5) is 0 Å². The van der Waals surface area contributed by atoms with Crippen LogP contribution in [0.3, 0.4) is 0 Å². The second-order valence-corrected chi connectivity index (χ2v) is 3.56. The molecule has 0 amide bonds. The fraction of sp³-hybridized carbons (Fsp3) is 0.100. The Hall–Kier alpha value is -1.88. The number of aromatic nitrogens is 3. The lowest BCUT2D eigenvalue weighted by Gasteiger charge is -2.04. The van der Waals surface area contributed by atoms with Crippen LogP contribution in [0.5, 0.6) is 0 Å². The van der Waals surface area contributed by atoms with Gasteiger partial charge in [0.05, 0.1) is 16.9 Å². The number of carboxylic acids is 1. The molecule has 0 saturated heterocycles. The van der Waals surface area contributed by atoms with Crippen LogP contribution >= 0.6 is 11.6 Å². The van der Waals surface area contributed by atoms with Crippen molar-refractivity contribution in [3.05, 3.63) is 35.5 Å². The Morgan fingerprint density at radius 3 is 2.88 bits per heavy atom. The molecule has 0 spiro atoms. The van der Waals surface area contributed by atoms with Crippen molar-refractivity contribution >= 4 is 17.6 Å². The highest BCUT2D eigenvalue weighted by Crippen LogP contribution is 2.26. The molecule has 0 radical (unpaired) electrons. The van der Waals surface area contributed by atoms with Crippen LogP contribution < -0.4 is 0 Å². The number of hydrogen-bond acceptors (Lipinski definition) is 3. The fourth-order valence-electron chi connectivity index (χ4n) is 1.38. The molecule has 0 aliphatic carbocycles. The van der Waals surface area contributed by atoms with Gasteiger partial charge in [0, 0.05) is 5.56 Å². The molecule has 0 unspecified atom stereocenters. The standard InChI is InChI=1S/C10H8ClN3O2/c11-8-4-2-1-3-7(8)9-5-12-13-14(9)6-10(15)16/h1-5H,6H2,(H,15,16). The third-order valence-corrected chi connectivity index (χ3v) is 2.38. The third-order valence-electron chi connectivity index (χ3n) is 2.05. The predicted octanol–water partition coefficient (Wildman–Crippen LogP) is 1.68. The Balaban J connectivity index is 2.45. The molecule has 1 aromatic carbocycles. The van der Waals surface area contributed by atoms with E-state index in [-0.39, 0.29) is 6.54 Å². The second-order valence-electron chi connectivity index (χ2n) is 3.15. The normalized spacial score (nSPS) is 10.3. The average molecular weight is 238 g/mol. The summed E-state index contributed by atoms with van der Waals surface area (Å²) in [7, 11) is 0. The average Bonchev–Trinajstić information content (AvgIpc) is 2.66. The van der Waals surface area contributed by atoms with E-state index in [1.54, 1.807) is 18.2 Å². The molecule has 2 rings (SSSR count). The van der Waals surface area contributed by atoms with E-state index in [2.05, 4.69) is 10.3 Å². The highest BCUT2D eigenvalue weighted by molar-refractivity contribution is 6.33. The summed E-state index contributed by atoms with van der Waals surface area (Å²) in [6.45, 7) is -0.236. The molecule has 0 bridgehead atoms. The number of carboxylic acid groups (broad SMARTS) is 1. The molecular weight excluding hydrogens is 230 g/mol. The van der Waals surface area contributed by atoms with Crippen molar-refractivity contribution in [2.45, 2.75) is 6.54 Å². The van der Waals surface area contributed by atoms with Crippen LogP contribution in [0.2, 0.25) is 5.02 Å². The first-order valence-corrected chi connectivity index (χ1v) is 4.91. The van der Waals surface area contributed by atoms with E-state index in [0.717, 1.165) is 5.56 Å². The highest BCUT2D eigenvalue weighted by Gasteiger charge is 2.11. The van der Waals surface area contributed by atoms with Crippen LogP contribution in [0.15, 0.2) is 30.5 Å². The Kier molecular flexibility index (Phi) is 2.87. The summed E-state index contributed by atoms with van der Waals surface area (Å²) in [4.78, 5) is 10.6. The predicted molar refractivity (Wildman–Crippen MR) is 58.1 cm³/mol. The molecular formula is C10H8ClN3O2. The van der Waals surface area contributed by atoms with Crippen LogP contribution in [0.1, 0.15) is 0 Å². The van der Waals surface area contributed by atoms with Gasteiger partial charge in [0.2, 0.25) is 0 Å². The monoisotopic (exact) mass is 237 g/mol. The van der Waals surface area contributed by atoms with Crippen molar-refractivity contribution in [2.24, 2.45) is 0 Å². The zero-order valence-electron chi connectivity index (χ0n) is 8.17. The summed E-state index contributed by atoms with van der Waals surface area (Å²) in [5.74, 6) is -0.973. The zero-order valence-corrected chi connectivity index (χ0v) is 8.92. The quantitative estimate of drug-likeness (QED) is 0.882. The fourth-order valence-corrected chi connectivity index (χ4v) is 1.61. The molecule has 0 aliphatic heterocycles. The summed E-state index contributed by atoms with van der Waals surface area (Å²) in [6.07, 6.45) is 1.49. The van der Waals surface area contributed by atoms with Gasteiger partial charge in [-0.15, -0.1) is 5.10 Å². The van der Waals surface area contributed by atoms with Gasteiger partial charge < -0.3 is 5.11 Å². The lowest BCUT2D eigenvalue weighted by atomic mass is 10.2. The Bertz CT molecular complexity index is 524. The maximum Gasteiger partial charge on any atom is 0.325 e. The lowest BCUT2D eigenvalue weighted by molar-refractivity contribution is -0.137. The first-order valence-electron chi connectivity index (χ1n) is 4.53. The molecule has 0 saturated carbocycles. The van der Waals surface area contributed by atoms with Gasteiger partial charge in [-0.25, -0.2) is 4.68 Å². The summed E-state index contributed by atoms with van der Waals surface area (Å²) in [6, 6.07) is 7.14. The van der Waals surface area contributed by atoms with Gasteiger partial charge in [0.15, 0.2) is 0 Å². The molecule has 0 aliphatic rings. The van der Waals surface area contributed by atoms with Gasteiger partial charge >= 0.3 is 5.97 Å². The number of aliphatic carboxylic acids is 1. The first kappa shape index (κ1) is 10.6. The minimum Gasteiger partial charge on any atom is -0.480 e. The Morgan fingerprint density at radius 1 is 1.44 bits per heavy atom. The molecule has 1 heterocycles. The molecule has 2 aromatic rings. The van der Waals surface area contributed by atoms with E-state index in [1.807, 2.05) is 6.07 Å². The van der Waals surface area contributed by atoms with Gasteiger partial charge in [-0.3, -0.25) is 4.79 Å². The summed E-state index contributed by atoms with van der Waals surface area (Å²) in [5.41, 5.74) is 1.31. The summed E-state index contributed by atoms with van der Waals surface area (Å²) >= 11 is 6.01. The molecule has 0 fully saturated rings. The van der Waals surface area contributed by atoms with E-state index in [9.17, 15) is 4.79 Å². The SMILES string of the molecule is O=C(O)Cn1nncc1-c1ccccc1Cl. The van der Waals surface area contributed by atoms with E-state index < -0.39 is 5.97 Å². The number of hydrogen-bond donors (Lipinski definition) is 1. The lowest BCUT2D eigenvalue weighted by Crippen LogP contribution is -2.11. The van der Waals surface area contributed by atoms with Crippen molar-refractivity contribution in [1.82, 2.24) is 15.0 Å². The molecule has 0 atom stereocenters. The number of carbonyl (C=O) groups is 1. The van der Waals surface area contributed by atoms with Crippen LogP contribution in [-0.2, 0) is 11.3 Å². The highest BCUT2D eigenvalue weighted by atomic mass is 35.5. The first-order chi connectivity index (χ1) is 7.68. The Morgan fingerprint density at radius 2 is 2.19 bits per heavy atom. The minimum absolute atomic E-state index is 0.236. The van der Waals surface area contributed by atoms with E-state index in [0.29, 0.717) is 10.7 Å². The maximum absolute atomic E-state index is 10.6.